The van der Waals surface area contributed by atoms with Crippen LogP contribution >= 0.6 is 0 Å². The first-order valence-corrected chi connectivity index (χ1v) is 7.27. The standard InChI is InChI=1S/C15H30/c1-4-6-9-14(5-2)15-10-7-8-13(3)11-12-15/h13-15H,4-12H2,1-3H3. The third-order valence-corrected chi connectivity index (χ3v) is 4.42. The molecule has 0 nitrogen and oxygen atoms in total. The predicted octanol–water partition coefficient (Wildman–Crippen LogP) is 5.42. The maximum Gasteiger partial charge on any atom is -0.0386 e. The first-order valence-electron chi connectivity index (χ1n) is 7.27. The lowest BCUT2D eigenvalue weighted by Gasteiger charge is -2.25. The molecule has 90 valence electrons. The van der Waals surface area contributed by atoms with Gasteiger partial charge in [0.15, 0.2) is 0 Å². The summed E-state index contributed by atoms with van der Waals surface area (Å²) in [5, 5.41) is 0. The lowest BCUT2D eigenvalue weighted by molar-refractivity contribution is 0.266. The van der Waals surface area contributed by atoms with Crippen LogP contribution in [0, 0.1) is 17.8 Å². The molecule has 1 aliphatic rings. The van der Waals surface area contributed by atoms with Gasteiger partial charge >= 0.3 is 0 Å². The molecule has 0 aliphatic heterocycles. The van der Waals surface area contributed by atoms with Gasteiger partial charge in [-0.05, 0) is 24.2 Å². The van der Waals surface area contributed by atoms with Crippen LogP contribution < -0.4 is 0 Å². The van der Waals surface area contributed by atoms with Crippen LogP contribution in [0.4, 0.5) is 0 Å². The molecule has 0 amide bonds. The number of hydrogen-bond acceptors (Lipinski definition) is 0. The molecular formula is C15H30. The highest BCUT2D eigenvalue weighted by Crippen LogP contribution is 2.35. The van der Waals surface area contributed by atoms with Gasteiger partial charge in [0.1, 0.15) is 0 Å². The van der Waals surface area contributed by atoms with Crippen molar-refractivity contribution < 1.29 is 0 Å². The molecule has 0 aromatic rings. The summed E-state index contributed by atoms with van der Waals surface area (Å²) in [7, 11) is 0. The summed E-state index contributed by atoms with van der Waals surface area (Å²) in [6.07, 6.45) is 13.2. The molecule has 0 heterocycles. The molecule has 0 heteroatoms. The predicted molar refractivity (Wildman–Crippen MR) is 69.0 cm³/mol. The second kappa shape index (κ2) is 7.30. The fraction of sp³-hybridized carbons (Fsp3) is 1.00. The summed E-state index contributed by atoms with van der Waals surface area (Å²) in [5.41, 5.74) is 0. The van der Waals surface area contributed by atoms with E-state index >= 15 is 0 Å². The lowest BCUT2D eigenvalue weighted by Crippen LogP contribution is -2.13. The molecule has 0 bridgehead atoms. The molecule has 3 atom stereocenters. The van der Waals surface area contributed by atoms with Crippen molar-refractivity contribution in [2.24, 2.45) is 17.8 Å². The number of unbranched alkanes of at least 4 members (excludes halogenated alkanes) is 1. The summed E-state index contributed by atoms with van der Waals surface area (Å²) < 4.78 is 0. The largest absolute Gasteiger partial charge is 0.0654 e. The Morgan fingerprint density at radius 2 is 1.87 bits per heavy atom. The normalized spacial score (nSPS) is 29.8. The van der Waals surface area contributed by atoms with Crippen molar-refractivity contribution in [3.05, 3.63) is 0 Å². The summed E-state index contributed by atoms with van der Waals surface area (Å²) in [5.74, 6) is 3.10. The maximum atomic E-state index is 2.44. The molecule has 1 saturated carbocycles. The van der Waals surface area contributed by atoms with E-state index in [0.717, 1.165) is 17.8 Å². The molecule has 1 rings (SSSR count). The van der Waals surface area contributed by atoms with Crippen LogP contribution in [0.2, 0.25) is 0 Å². The minimum Gasteiger partial charge on any atom is -0.0654 e. The third kappa shape index (κ3) is 4.57. The molecule has 0 saturated heterocycles. The second-order valence-corrected chi connectivity index (χ2v) is 5.68. The molecule has 1 aliphatic carbocycles. The fourth-order valence-electron chi connectivity index (χ4n) is 3.23. The number of rotatable bonds is 5. The first kappa shape index (κ1) is 13.1. The van der Waals surface area contributed by atoms with E-state index in [-0.39, 0.29) is 0 Å². The van der Waals surface area contributed by atoms with E-state index in [1.54, 1.807) is 0 Å². The van der Waals surface area contributed by atoms with Gasteiger partial charge in [-0.25, -0.2) is 0 Å². The van der Waals surface area contributed by atoms with Crippen molar-refractivity contribution in [3.63, 3.8) is 0 Å². The Labute approximate surface area is 96.8 Å². The summed E-state index contributed by atoms with van der Waals surface area (Å²) in [4.78, 5) is 0. The van der Waals surface area contributed by atoms with Crippen LogP contribution in [0.1, 0.15) is 78.6 Å². The Bertz CT molecular complexity index is 150. The molecule has 1 fully saturated rings. The zero-order valence-electron chi connectivity index (χ0n) is 11.1. The first-order chi connectivity index (χ1) is 7.27. The topological polar surface area (TPSA) is 0 Å². The van der Waals surface area contributed by atoms with Crippen LogP contribution in [0.15, 0.2) is 0 Å². The smallest absolute Gasteiger partial charge is 0.0386 e. The molecule has 3 unspecified atom stereocenters. The van der Waals surface area contributed by atoms with E-state index in [1.165, 1.54) is 57.8 Å². The van der Waals surface area contributed by atoms with Gasteiger partial charge in [-0.15, -0.1) is 0 Å². The van der Waals surface area contributed by atoms with E-state index in [4.69, 9.17) is 0 Å². The average Bonchev–Trinajstić information content (AvgIpc) is 2.45. The van der Waals surface area contributed by atoms with Gasteiger partial charge in [0, 0.05) is 0 Å². The van der Waals surface area contributed by atoms with Gasteiger partial charge in [0.05, 0.1) is 0 Å². The van der Waals surface area contributed by atoms with E-state index in [0.29, 0.717) is 0 Å². The zero-order valence-corrected chi connectivity index (χ0v) is 11.1. The average molecular weight is 210 g/mol. The summed E-state index contributed by atoms with van der Waals surface area (Å²) >= 11 is 0. The van der Waals surface area contributed by atoms with Gasteiger partial charge in [0.2, 0.25) is 0 Å². The Hall–Kier alpha value is 0. The molecule has 0 radical (unpaired) electrons. The van der Waals surface area contributed by atoms with Crippen LogP contribution in [0.3, 0.4) is 0 Å². The van der Waals surface area contributed by atoms with Gasteiger partial charge in [-0.1, -0.05) is 72.1 Å². The van der Waals surface area contributed by atoms with Crippen LogP contribution in [-0.2, 0) is 0 Å². The number of hydrogen-bond donors (Lipinski definition) is 0. The van der Waals surface area contributed by atoms with Crippen LogP contribution in [-0.4, -0.2) is 0 Å². The Balaban J connectivity index is 2.37. The van der Waals surface area contributed by atoms with Crippen molar-refractivity contribution >= 4 is 0 Å². The van der Waals surface area contributed by atoms with E-state index in [2.05, 4.69) is 20.8 Å². The monoisotopic (exact) mass is 210 g/mol. The molecular weight excluding hydrogens is 180 g/mol. The molecule has 0 N–H and O–H groups in total. The lowest BCUT2D eigenvalue weighted by atomic mass is 9.81. The van der Waals surface area contributed by atoms with Crippen molar-refractivity contribution in [2.45, 2.75) is 78.6 Å². The van der Waals surface area contributed by atoms with Crippen LogP contribution in [0.5, 0.6) is 0 Å². The summed E-state index contributed by atoms with van der Waals surface area (Å²) in [6.45, 7) is 7.16. The van der Waals surface area contributed by atoms with Gasteiger partial charge in [-0.3, -0.25) is 0 Å². The van der Waals surface area contributed by atoms with Gasteiger partial charge in [0.25, 0.3) is 0 Å². The van der Waals surface area contributed by atoms with Crippen molar-refractivity contribution in [3.8, 4) is 0 Å². The van der Waals surface area contributed by atoms with E-state index in [9.17, 15) is 0 Å². The Morgan fingerprint density at radius 1 is 1.07 bits per heavy atom. The van der Waals surface area contributed by atoms with Crippen LogP contribution in [0.25, 0.3) is 0 Å². The fourth-order valence-corrected chi connectivity index (χ4v) is 3.23. The molecule has 15 heavy (non-hydrogen) atoms. The Kier molecular flexibility index (Phi) is 6.36. The van der Waals surface area contributed by atoms with E-state index in [1.807, 2.05) is 0 Å². The van der Waals surface area contributed by atoms with Gasteiger partial charge < -0.3 is 0 Å². The Morgan fingerprint density at radius 3 is 2.53 bits per heavy atom. The van der Waals surface area contributed by atoms with Crippen molar-refractivity contribution in [1.82, 2.24) is 0 Å². The highest BCUT2D eigenvalue weighted by Gasteiger charge is 2.22. The molecule has 0 aromatic heterocycles. The third-order valence-electron chi connectivity index (χ3n) is 4.42. The molecule has 0 spiro atoms. The van der Waals surface area contributed by atoms with E-state index < -0.39 is 0 Å². The second-order valence-electron chi connectivity index (χ2n) is 5.68. The maximum absolute atomic E-state index is 2.44. The van der Waals surface area contributed by atoms with Crippen molar-refractivity contribution in [1.29, 1.82) is 0 Å². The quantitative estimate of drug-likeness (QED) is 0.532. The SMILES string of the molecule is CCCCC(CC)C1CCCC(C)CC1. The zero-order chi connectivity index (χ0) is 11.1. The highest BCUT2D eigenvalue weighted by atomic mass is 14.3. The minimum atomic E-state index is 0.999. The molecule has 0 aromatic carbocycles. The van der Waals surface area contributed by atoms with Crippen molar-refractivity contribution in [2.75, 3.05) is 0 Å². The van der Waals surface area contributed by atoms with Gasteiger partial charge in [-0.2, -0.15) is 0 Å². The highest BCUT2D eigenvalue weighted by molar-refractivity contribution is 4.74. The minimum absolute atomic E-state index is 0.999. The summed E-state index contributed by atoms with van der Waals surface area (Å²) in [6, 6.07) is 0.